The molecule has 1 atom stereocenters. The minimum absolute atomic E-state index is 0.0387. The molecule has 2 fully saturated rings. The Morgan fingerprint density at radius 3 is 1.70 bits per heavy atom. The lowest BCUT2D eigenvalue weighted by atomic mass is 9.87. The second kappa shape index (κ2) is 12.3. The van der Waals surface area contributed by atoms with Gasteiger partial charge in [0.1, 0.15) is 12.2 Å². The SMILES string of the molecule is C=C1CC(OC(=O)CCCCCCCCC(=O)OC2CC(=C)N(C)C(C)(C)C2)CC(=C)N1C. The van der Waals surface area contributed by atoms with Crippen LogP contribution in [0.4, 0.5) is 0 Å². The molecular formula is C27H44N2O4. The Bertz CT molecular complexity index is 724. The summed E-state index contributed by atoms with van der Waals surface area (Å²) in [6.07, 6.45) is 9.44. The van der Waals surface area contributed by atoms with Crippen LogP contribution < -0.4 is 0 Å². The van der Waals surface area contributed by atoms with E-state index in [4.69, 9.17) is 9.47 Å². The van der Waals surface area contributed by atoms with E-state index in [9.17, 15) is 9.59 Å². The molecule has 2 saturated heterocycles. The molecule has 0 spiro atoms. The van der Waals surface area contributed by atoms with Crippen molar-refractivity contribution < 1.29 is 19.1 Å². The standard InChI is InChI=1S/C27H44N2O4/c1-20-16-23(17-21(2)28(20)6)32-25(30)14-12-10-8-9-11-13-15-26(31)33-24-18-22(3)29(7)27(4,5)19-24/h23-24H,1-3,8-19H2,4-7H3. The number of nitrogens with zero attached hydrogens (tertiary/aromatic N) is 2. The number of ether oxygens (including phenoxy) is 2. The van der Waals surface area contributed by atoms with Crippen LogP contribution in [-0.2, 0) is 19.1 Å². The van der Waals surface area contributed by atoms with E-state index in [1.807, 2.05) is 19.0 Å². The fourth-order valence-corrected chi connectivity index (χ4v) is 4.59. The van der Waals surface area contributed by atoms with Crippen LogP contribution in [0, 0.1) is 0 Å². The molecule has 33 heavy (non-hydrogen) atoms. The van der Waals surface area contributed by atoms with Crippen molar-refractivity contribution in [2.75, 3.05) is 14.1 Å². The fourth-order valence-electron chi connectivity index (χ4n) is 4.59. The first-order chi connectivity index (χ1) is 15.5. The molecule has 6 nitrogen and oxygen atoms in total. The molecule has 0 N–H and O–H groups in total. The zero-order valence-electron chi connectivity index (χ0n) is 21.3. The van der Waals surface area contributed by atoms with Crippen molar-refractivity contribution in [1.82, 2.24) is 9.80 Å². The third-order valence-corrected chi connectivity index (χ3v) is 7.06. The normalized spacial score (nSPS) is 21.3. The lowest BCUT2D eigenvalue weighted by Gasteiger charge is -2.45. The van der Waals surface area contributed by atoms with E-state index >= 15 is 0 Å². The van der Waals surface area contributed by atoms with Crippen molar-refractivity contribution in [3.8, 4) is 0 Å². The van der Waals surface area contributed by atoms with Gasteiger partial charge in [0.15, 0.2) is 0 Å². The highest BCUT2D eigenvalue weighted by molar-refractivity contribution is 5.70. The van der Waals surface area contributed by atoms with Crippen molar-refractivity contribution in [2.24, 2.45) is 0 Å². The van der Waals surface area contributed by atoms with E-state index < -0.39 is 0 Å². The number of hydrogen-bond donors (Lipinski definition) is 0. The summed E-state index contributed by atoms with van der Waals surface area (Å²) in [6.45, 7) is 16.4. The van der Waals surface area contributed by atoms with Crippen molar-refractivity contribution in [2.45, 2.75) is 109 Å². The number of likely N-dealkylation sites (tertiary alicyclic amines) is 2. The van der Waals surface area contributed by atoms with Crippen LogP contribution in [0.15, 0.2) is 36.8 Å². The summed E-state index contributed by atoms with van der Waals surface area (Å²) in [5.74, 6) is -0.233. The highest BCUT2D eigenvalue weighted by Crippen LogP contribution is 2.33. The maximum atomic E-state index is 12.2. The molecule has 0 aromatic heterocycles. The zero-order chi connectivity index (χ0) is 24.6. The minimum Gasteiger partial charge on any atom is -0.462 e. The first kappa shape index (κ1) is 27.0. The molecule has 0 bridgehead atoms. The quantitative estimate of drug-likeness (QED) is 0.291. The van der Waals surface area contributed by atoms with E-state index in [1.165, 1.54) is 0 Å². The van der Waals surface area contributed by atoms with Gasteiger partial charge >= 0.3 is 11.9 Å². The second-order valence-electron chi connectivity index (χ2n) is 10.3. The summed E-state index contributed by atoms with van der Waals surface area (Å²) in [7, 11) is 3.99. The number of hydrogen-bond acceptors (Lipinski definition) is 6. The van der Waals surface area contributed by atoms with Gasteiger partial charge in [0.2, 0.25) is 0 Å². The largest absolute Gasteiger partial charge is 0.462 e. The summed E-state index contributed by atoms with van der Waals surface area (Å²) >= 11 is 0. The Hall–Kier alpha value is -2.24. The van der Waals surface area contributed by atoms with Crippen LogP contribution in [-0.4, -0.2) is 53.6 Å². The molecule has 0 saturated carbocycles. The predicted octanol–water partition coefficient (Wildman–Crippen LogP) is 5.70. The Kier molecular flexibility index (Phi) is 10.1. The first-order valence-corrected chi connectivity index (χ1v) is 12.4. The summed E-state index contributed by atoms with van der Waals surface area (Å²) in [4.78, 5) is 28.5. The van der Waals surface area contributed by atoms with Gasteiger partial charge in [-0.1, -0.05) is 45.4 Å². The van der Waals surface area contributed by atoms with Gasteiger partial charge in [0.25, 0.3) is 0 Å². The molecule has 2 heterocycles. The van der Waals surface area contributed by atoms with E-state index in [0.717, 1.165) is 68.5 Å². The summed E-state index contributed by atoms with van der Waals surface area (Å²) < 4.78 is 11.3. The van der Waals surface area contributed by atoms with Crippen molar-refractivity contribution >= 4 is 11.9 Å². The fraction of sp³-hybridized carbons (Fsp3) is 0.704. The summed E-state index contributed by atoms with van der Waals surface area (Å²) in [6, 6.07) is 0. The van der Waals surface area contributed by atoms with Crippen LogP contribution in [0.5, 0.6) is 0 Å². The average molecular weight is 461 g/mol. The Morgan fingerprint density at radius 1 is 0.788 bits per heavy atom. The van der Waals surface area contributed by atoms with Crippen LogP contribution in [0.2, 0.25) is 0 Å². The van der Waals surface area contributed by atoms with Gasteiger partial charge in [-0.25, -0.2) is 0 Å². The minimum atomic E-state index is -0.132. The lowest BCUT2D eigenvalue weighted by Crippen LogP contribution is -2.48. The van der Waals surface area contributed by atoms with Crippen LogP contribution in [0.3, 0.4) is 0 Å². The summed E-state index contributed by atoms with van der Waals surface area (Å²) in [5.41, 5.74) is 2.86. The third-order valence-electron chi connectivity index (χ3n) is 7.06. The number of rotatable bonds is 11. The zero-order valence-corrected chi connectivity index (χ0v) is 21.3. The Morgan fingerprint density at radius 2 is 1.21 bits per heavy atom. The monoisotopic (exact) mass is 460 g/mol. The van der Waals surface area contributed by atoms with E-state index in [0.29, 0.717) is 25.7 Å². The molecule has 186 valence electrons. The predicted molar refractivity (Wildman–Crippen MR) is 132 cm³/mol. The highest BCUT2D eigenvalue weighted by atomic mass is 16.5. The van der Waals surface area contributed by atoms with Gasteiger partial charge < -0.3 is 19.3 Å². The molecule has 2 aliphatic rings. The van der Waals surface area contributed by atoms with E-state index in [2.05, 4.69) is 38.5 Å². The van der Waals surface area contributed by atoms with Crippen molar-refractivity contribution in [1.29, 1.82) is 0 Å². The number of unbranched alkanes of at least 4 members (excludes halogenated alkanes) is 5. The van der Waals surface area contributed by atoms with Crippen molar-refractivity contribution in [3.05, 3.63) is 36.8 Å². The number of carbonyl (C=O) groups excluding carboxylic acids is 2. The van der Waals surface area contributed by atoms with Gasteiger partial charge in [-0.15, -0.1) is 0 Å². The van der Waals surface area contributed by atoms with Gasteiger partial charge in [-0.3, -0.25) is 9.59 Å². The molecule has 0 radical (unpaired) electrons. The molecule has 0 aromatic carbocycles. The Labute approximate surface area is 200 Å². The number of esters is 2. The van der Waals surface area contributed by atoms with Gasteiger partial charge in [-0.2, -0.15) is 0 Å². The molecule has 0 aliphatic carbocycles. The Balaban J connectivity index is 1.49. The molecule has 2 rings (SSSR count). The smallest absolute Gasteiger partial charge is 0.306 e. The third kappa shape index (κ3) is 8.56. The maximum Gasteiger partial charge on any atom is 0.306 e. The lowest BCUT2D eigenvalue weighted by molar-refractivity contribution is -0.152. The highest BCUT2D eigenvalue weighted by Gasteiger charge is 2.35. The maximum absolute atomic E-state index is 12.2. The molecule has 0 aromatic rings. The van der Waals surface area contributed by atoms with Crippen molar-refractivity contribution in [3.63, 3.8) is 0 Å². The van der Waals surface area contributed by atoms with Gasteiger partial charge in [0.05, 0.1) is 0 Å². The first-order valence-electron chi connectivity index (χ1n) is 12.4. The van der Waals surface area contributed by atoms with Gasteiger partial charge in [-0.05, 0) is 26.7 Å². The number of piperidine rings is 2. The molecule has 1 unspecified atom stereocenters. The second-order valence-corrected chi connectivity index (χ2v) is 10.3. The summed E-state index contributed by atoms with van der Waals surface area (Å²) in [5, 5.41) is 0. The van der Waals surface area contributed by atoms with E-state index in [1.54, 1.807) is 0 Å². The molecule has 2 aliphatic heterocycles. The van der Waals surface area contributed by atoms with Crippen LogP contribution in [0.25, 0.3) is 0 Å². The molecule has 0 amide bonds. The molecule has 6 heteroatoms. The molecular weight excluding hydrogens is 416 g/mol. The van der Waals surface area contributed by atoms with Crippen LogP contribution in [0.1, 0.15) is 90.9 Å². The topological polar surface area (TPSA) is 59.1 Å². The van der Waals surface area contributed by atoms with Gasteiger partial charge in [0, 0.05) is 75.3 Å². The van der Waals surface area contributed by atoms with E-state index in [-0.39, 0.29) is 29.7 Å². The number of carbonyl (C=O) groups is 2. The van der Waals surface area contributed by atoms with Crippen LogP contribution >= 0.6 is 0 Å². The average Bonchev–Trinajstić information content (AvgIpc) is 2.71.